The van der Waals surface area contributed by atoms with Crippen molar-refractivity contribution >= 4 is 29.0 Å². The topological polar surface area (TPSA) is 145 Å². The van der Waals surface area contributed by atoms with Crippen molar-refractivity contribution in [3.63, 3.8) is 0 Å². The average molecular weight is 595 g/mol. The molecule has 5 rings (SSSR count). The molecule has 3 aromatic heterocycles. The van der Waals surface area contributed by atoms with Crippen molar-refractivity contribution in [2.45, 2.75) is 39.0 Å². The lowest BCUT2D eigenvalue weighted by atomic mass is 10.0. The first-order chi connectivity index (χ1) is 20.6. The van der Waals surface area contributed by atoms with Crippen LogP contribution >= 0.6 is 0 Å². The lowest BCUT2D eigenvalue weighted by molar-refractivity contribution is -0.141. The van der Waals surface area contributed by atoms with Crippen molar-refractivity contribution in [2.24, 2.45) is 0 Å². The quantitative estimate of drug-likeness (QED) is 0.282. The number of imidazole rings is 1. The Balaban J connectivity index is 1.38. The summed E-state index contributed by atoms with van der Waals surface area (Å²) in [7, 11) is 0. The number of anilines is 2. The largest absolute Gasteiger partial charge is 0.435 e. The van der Waals surface area contributed by atoms with Gasteiger partial charge in [0, 0.05) is 56.0 Å². The highest BCUT2D eigenvalue weighted by Gasteiger charge is 2.38. The van der Waals surface area contributed by atoms with Crippen LogP contribution in [0.2, 0.25) is 0 Å². The normalized spacial score (nSPS) is 14.4. The molecule has 12 nitrogen and oxygen atoms in total. The first kappa shape index (κ1) is 29.5. The van der Waals surface area contributed by atoms with Gasteiger partial charge in [-0.1, -0.05) is 6.92 Å². The van der Waals surface area contributed by atoms with Crippen LogP contribution in [0.1, 0.15) is 35.5 Å². The number of nitriles is 1. The highest BCUT2D eigenvalue weighted by molar-refractivity contribution is 5.99. The molecule has 224 valence electrons. The van der Waals surface area contributed by atoms with E-state index in [0.717, 1.165) is 10.2 Å². The van der Waals surface area contributed by atoms with E-state index in [9.17, 15) is 22.8 Å². The van der Waals surface area contributed by atoms with E-state index >= 15 is 0 Å². The standard InChI is InChI=1S/C28H29F3N10O2/c1-3-18-14-19(4-5-20(18)26(42)36-17(2)27(43)39-11-7-33-8-12-39)37-24-25-35-15-22(41(25)13-9-34-24)21-16-40(10-6-32)38-23(21)28(29,30)31/h4-5,9,13-17,33H,3,7-8,10-12H2,1-2H3,(H,34,37)(H,36,42). The predicted molar refractivity (Wildman–Crippen MR) is 150 cm³/mol. The van der Waals surface area contributed by atoms with Crippen molar-refractivity contribution in [2.75, 3.05) is 31.5 Å². The number of carbonyl (C=O) groups is 2. The van der Waals surface area contributed by atoms with Crippen molar-refractivity contribution in [1.82, 2.24) is 39.7 Å². The van der Waals surface area contributed by atoms with E-state index in [-0.39, 0.29) is 41.1 Å². The van der Waals surface area contributed by atoms with Gasteiger partial charge in [-0.3, -0.25) is 18.7 Å². The Hall–Kier alpha value is -4.97. The monoisotopic (exact) mass is 594 g/mol. The number of fused-ring (bicyclic) bond motifs is 1. The number of hydrogen-bond acceptors (Lipinski definition) is 8. The van der Waals surface area contributed by atoms with E-state index in [4.69, 9.17) is 5.26 Å². The van der Waals surface area contributed by atoms with E-state index in [2.05, 4.69) is 31.0 Å². The lowest BCUT2D eigenvalue weighted by Crippen LogP contribution is -2.53. The molecule has 1 unspecified atom stereocenters. The van der Waals surface area contributed by atoms with Crippen LogP contribution < -0.4 is 16.0 Å². The molecule has 4 heterocycles. The summed E-state index contributed by atoms with van der Waals surface area (Å²) in [6.07, 6.45) is 1.15. The molecule has 1 fully saturated rings. The van der Waals surface area contributed by atoms with Gasteiger partial charge in [0.1, 0.15) is 12.6 Å². The molecule has 0 saturated carbocycles. The molecule has 1 aliphatic rings. The molecule has 0 spiro atoms. The van der Waals surface area contributed by atoms with Crippen LogP contribution in [-0.4, -0.2) is 73.1 Å². The summed E-state index contributed by atoms with van der Waals surface area (Å²) in [6.45, 7) is 5.83. The second-order valence-electron chi connectivity index (χ2n) is 9.98. The molecule has 3 N–H and O–H groups in total. The highest BCUT2D eigenvalue weighted by atomic mass is 19.4. The van der Waals surface area contributed by atoms with E-state index in [1.807, 2.05) is 6.92 Å². The minimum atomic E-state index is -4.74. The van der Waals surface area contributed by atoms with Crippen molar-refractivity contribution in [1.29, 1.82) is 5.26 Å². The molecule has 1 saturated heterocycles. The van der Waals surface area contributed by atoms with Crippen molar-refractivity contribution in [3.8, 4) is 17.3 Å². The third-order valence-corrected chi connectivity index (χ3v) is 7.11. The number of aryl methyl sites for hydroxylation is 1. The molecule has 1 aromatic carbocycles. The smallest absolute Gasteiger partial charge is 0.341 e. The van der Waals surface area contributed by atoms with Crippen LogP contribution in [0.3, 0.4) is 0 Å². The van der Waals surface area contributed by atoms with E-state index < -0.39 is 17.9 Å². The molecule has 15 heteroatoms. The number of aromatic nitrogens is 5. The summed E-state index contributed by atoms with van der Waals surface area (Å²) < 4.78 is 43.7. The number of benzene rings is 1. The van der Waals surface area contributed by atoms with Crippen molar-refractivity contribution < 1.29 is 22.8 Å². The van der Waals surface area contributed by atoms with Gasteiger partial charge >= 0.3 is 6.18 Å². The summed E-state index contributed by atoms with van der Waals surface area (Å²) in [4.78, 5) is 36.2. The molecule has 0 bridgehead atoms. The number of alkyl halides is 3. The summed E-state index contributed by atoms with van der Waals surface area (Å²) in [5.41, 5.74) is 0.779. The summed E-state index contributed by atoms with van der Waals surface area (Å²) >= 11 is 0. The fraction of sp³-hybridized carbons (Fsp3) is 0.357. The first-order valence-electron chi connectivity index (χ1n) is 13.6. The Morgan fingerprint density at radius 3 is 2.67 bits per heavy atom. The highest BCUT2D eigenvalue weighted by Crippen LogP contribution is 2.37. The number of halogens is 3. The Morgan fingerprint density at radius 1 is 1.21 bits per heavy atom. The van der Waals surface area contributed by atoms with Gasteiger partial charge in [-0.05, 0) is 37.1 Å². The number of amides is 2. The molecule has 1 atom stereocenters. The number of carbonyl (C=O) groups excluding carboxylic acids is 2. The van der Waals surface area contributed by atoms with Gasteiger partial charge in [0.25, 0.3) is 5.91 Å². The third-order valence-electron chi connectivity index (χ3n) is 7.11. The summed E-state index contributed by atoms with van der Waals surface area (Å²) in [6, 6.07) is 6.21. The Labute approximate surface area is 244 Å². The SMILES string of the molecule is CCc1cc(Nc2nccn3c(-c4cn(CC#N)nc4C(F)(F)F)cnc23)ccc1C(=O)NC(C)C(=O)N1CCNCC1. The van der Waals surface area contributed by atoms with Gasteiger partial charge < -0.3 is 20.9 Å². The average Bonchev–Trinajstić information content (AvgIpc) is 3.62. The fourth-order valence-electron chi connectivity index (χ4n) is 5.00. The zero-order chi connectivity index (χ0) is 30.7. The maximum Gasteiger partial charge on any atom is 0.435 e. The molecule has 43 heavy (non-hydrogen) atoms. The van der Waals surface area contributed by atoms with Gasteiger partial charge in [-0.2, -0.15) is 23.5 Å². The van der Waals surface area contributed by atoms with Crippen LogP contribution in [0.15, 0.2) is 43.0 Å². The van der Waals surface area contributed by atoms with E-state index in [0.29, 0.717) is 43.9 Å². The van der Waals surface area contributed by atoms with Gasteiger partial charge in [0.15, 0.2) is 17.2 Å². The van der Waals surface area contributed by atoms with Crippen LogP contribution in [-0.2, 0) is 23.9 Å². The van der Waals surface area contributed by atoms with Gasteiger partial charge in [-0.15, -0.1) is 0 Å². The third kappa shape index (κ3) is 6.14. The first-order valence-corrected chi connectivity index (χ1v) is 13.6. The van der Waals surface area contributed by atoms with Crippen molar-refractivity contribution in [3.05, 3.63) is 59.8 Å². The zero-order valence-corrected chi connectivity index (χ0v) is 23.4. The zero-order valence-electron chi connectivity index (χ0n) is 23.4. The molecular weight excluding hydrogens is 565 g/mol. The maximum absolute atomic E-state index is 13.8. The summed E-state index contributed by atoms with van der Waals surface area (Å²) in [5, 5.41) is 21.6. The second-order valence-corrected chi connectivity index (χ2v) is 9.98. The molecule has 4 aromatic rings. The Kier molecular flexibility index (Phi) is 8.31. The Morgan fingerprint density at radius 2 is 1.98 bits per heavy atom. The van der Waals surface area contributed by atoms with Crippen LogP contribution in [0, 0.1) is 11.3 Å². The number of rotatable bonds is 8. The molecule has 0 radical (unpaired) electrons. The minimum Gasteiger partial charge on any atom is -0.341 e. The number of nitrogens with one attached hydrogen (secondary N) is 3. The number of piperazine rings is 1. The van der Waals surface area contributed by atoms with Gasteiger partial charge in [0.2, 0.25) is 5.91 Å². The molecule has 1 aliphatic heterocycles. The van der Waals surface area contributed by atoms with Crippen LogP contribution in [0.4, 0.5) is 24.7 Å². The molecule has 0 aliphatic carbocycles. The number of hydrogen-bond donors (Lipinski definition) is 3. The van der Waals surface area contributed by atoms with Crippen LogP contribution in [0.5, 0.6) is 0 Å². The lowest BCUT2D eigenvalue weighted by Gasteiger charge is -2.30. The summed E-state index contributed by atoms with van der Waals surface area (Å²) in [5.74, 6) is -0.222. The minimum absolute atomic E-state index is 0.128. The van der Waals surface area contributed by atoms with E-state index in [1.165, 1.54) is 29.2 Å². The second kappa shape index (κ2) is 12.1. The van der Waals surface area contributed by atoms with Crippen LogP contribution in [0.25, 0.3) is 16.9 Å². The maximum atomic E-state index is 13.8. The fourth-order valence-corrected chi connectivity index (χ4v) is 5.00. The number of nitrogens with zero attached hydrogens (tertiary/aromatic N) is 7. The molecular formula is C28H29F3N10O2. The molecule has 2 amide bonds. The Bertz CT molecular complexity index is 1700. The van der Waals surface area contributed by atoms with Gasteiger partial charge in [-0.25, -0.2) is 9.97 Å². The van der Waals surface area contributed by atoms with Gasteiger partial charge in [0.05, 0.1) is 23.5 Å². The van der Waals surface area contributed by atoms with E-state index in [1.54, 1.807) is 36.1 Å². The predicted octanol–water partition coefficient (Wildman–Crippen LogP) is 2.99.